The highest BCUT2D eigenvalue weighted by Gasteiger charge is 2.15. The predicted molar refractivity (Wildman–Crippen MR) is 56.5 cm³/mol. The summed E-state index contributed by atoms with van der Waals surface area (Å²) in [5.74, 6) is 0.112. The van der Waals surface area contributed by atoms with Crippen LogP contribution >= 0.6 is 11.8 Å². The first-order valence-electron chi connectivity index (χ1n) is 5.16. The number of carbonyl (C=O) groups is 1. The van der Waals surface area contributed by atoms with Crippen LogP contribution < -0.4 is 4.84 Å². The van der Waals surface area contributed by atoms with Crippen LogP contribution in [0.5, 0.6) is 0 Å². The summed E-state index contributed by atoms with van der Waals surface area (Å²) < 4.78 is 0. The summed E-state index contributed by atoms with van der Waals surface area (Å²) in [7, 11) is 0. The van der Waals surface area contributed by atoms with Gasteiger partial charge in [-0.2, -0.15) is 0 Å². The van der Waals surface area contributed by atoms with Crippen molar-refractivity contribution in [3.8, 4) is 0 Å². The van der Waals surface area contributed by atoms with Crippen molar-refractivity contribution in [1.29, 1.82) is 0 Å². The lowest BCUT2D eigenvalue weighted by molar-refractivity contribution is -0.123. The number of carbonyl (C=O) groups excluding carboxylic acids is 1. The molecule has 0 saturated heterocycles. The Hall–Kier alpha value is -0.240. The third-order valence-corrected chi connectivity index (χ3v) is 2.46. The molecule has 78 valence electrons. The number of hydrogen-bond donors (Lipinski definition) is 1. The minimum absolute atomic E-state index is 0.0106. The summed E-state index contributed by atoms with van der Waals surface area (Å²) in [4.78, 5) is 13.5. The first-order chi connectivity index (χ1) is 6.26. The van der Waals surface area contributed by atoms with E-state index in [-0.39, 0.29) is 11.8 Å². The Bertz CT molecular complexity index is 131. The van der Waals surface area contributed by atoms with Gasteiger partial charge >= 0.3 is 0 Å². The quantitative estimate of drug-likeness (QED) is 0.636. The molecule has 1 amide bonds. The van der Waals surface area contributed by atoms with E-state index in [1.807, 2.05) is 0 Å². The molecule has 0 radical (unpaired) electrons. The van der Waals surface area contributed by atoms with Crippen LogP contribution in [-0.4, -0.2) is 5.91 Å². The molecular formula is C10H20ClNO. The van der Waals surface area contributed by atoms with E-state index < -0.39 is 0 Å². The summed E-state index contributed by atoms with van der Waals surface area (Å²) in [5.41, 5.74) is 0. The van der Waals surface area contributed by atoms with Crippen LogP contribution in [0.2, 0.25) is 0 Å². The topological polar surface area (TPSA) is 29.1 Å². The van der Waals surface area contributed by atoms with Gasteiger partial charge in [-0.15, -0.1) is 0 Å². The number of rotatable bonds is 7. The van der Waals surface area contributed by atoms with E-state index in [4.69, 9.17) is 11.8 Å². The van der Waals surface area contributed by atoms with E-state index in [0.717, 1.165) is 38.5 Å². The van der Waals surface area contributed by atoms with Crippen LogP contribution in [0.25, 0.3) is 0 Å². The number of unbranched alkanes of at least 4 members (excludes halogenated alkanes) is 2. The van der Waals surface area contributed by atoms with Crippen molar-refractivity contribution < 1.29 is 4.79 Å². The van der Waals surface area contributed by atoms with Crippen molar-refractivity contribution in [3.63, 3.8) is 0 Å². The maximum atomic E-state index is 11.3. The van der Waals surface area contributed by atoms with Crippen LogP contribution in [0.3, 0.4) is 0 Å². The molecular weight excluding hydrogens is 186 g/mol. The van der Waals surface area contributed by atoms with Crippen LogP contribution in [-0.2, 0) is 4.79 Å². The van der Waals surface area contributed by atoms with E-state index in [2.05, 4.69) is 18.7 Å². The Morgan fingerprint density at radius 3 is 2.00 bits per heavy atom. The zero-order valence-corrected chi connectivity index (χ0v) is 9.36. The fourth-order valence-electron chi connectivity index (χ4n) is 1.38. The summed E-state index contributed by atoms with van der Waals surface area (Å²) >= 11 is 5.31. The molecule has 2 nitrogen and oxygen atoms in total. The standard InChI is InChI=1S/C10H20ClNO/c1-3-5-7-9(8-6-4-2)10(13)12-11/h9H,3-8H2,1-2H3,(H,12,13). The highest BCUT2D eigenvalue weighted by atomic mass is 35.5. The molecule has 0 heterocycles. The van der Waals surface area contributed by atoms with Gasteiger partial charge in [0.2, 0.25) is 5.91 Å². The highest BCUT2D eigenvalue weighted by molar-refractivity contribution is 6.21. The second-order valence-electron chi connectivity index (χ2n) is 3.44. The number of hydrogen-bond acceptors (Lipinski definition) is 1. The molecule has 0 aliphatic heterocycles. The Balaban J connectivity index is 3.79. The molecule has 0 aliphatic rings. The van der Waals surface area contributed by atoms with Crippen molar-refractivity contribution in [2.75, 3.05) is 0 Å². The molecule has 0 fully saturated rings. The molecule has 0 rings (SSSR count). The second kappa shape index (κ2) is 8.36. The Kier molecular flexibility index (Phi) is 8.21. The fourth-order valence-corrected chi connectivity index (χ4v) is 1.54. The molecule has 0 aromatic heterocycles. The first kappa shape index (κ1) is 12.8. The van der Waals surface area contributed by atoms with Gasteiger partial charge < -0.3 is 0 Å². The molecule has 3 heteroatoms. The summed E-state index contributed by atoms with van der Waals surface area (Å²) in [6.07, 6.45) is 6.43. The molecule has 0 saturated carbocycles. The second-order valence-corrected chi connectivity index (χ2v) is 3.63. The molecule has 0 spiro atoms. The predicted octanol–water partition coefficient (Wildman–Crippen LogP) is 3.25. The normalized spacial score (nSPS) is 10.5. The van der Waals surface area contributed by atoms with Gasteiger partial charge in [-0.1, -0.05) is 39.5 Å². The lowest BCUT2D eigenvalue weighted by Crippen LogP contribution is -2.23. The van der Waals surface area contributed by atoms with Gasteiger partial charge in [0.05, 0.1) is 0 Å². The SMILES string of the molecule is CCCCC(CCCC)C(=O)NCl. The van der Waals surface area contributed by atoms with E-state index in [0.29, 0.717) is 0 Å². The van der Waals surface area contributed by atoms with Crippen molar-refractivity contribution in [2.45, 2.75) is 52.4 Å². The fraction of sp³-hybridized carbons (Fsp3) is 0.900. The van der Waals surface area contributed by atoms with Gasteiger partial charge in [-0.25, -0.2) is 0 Å². The van der Waals surface area contributed by atoms with E-state index >= 15 is 0 Å². The molecule has 0 aliphatic carbocycles. The maximum absolute atomic E-state index is 11.3. The minimum Gasteiger partial charge on any atom is -0.273 e. The number of nitrogens with one attached hydrogen (secondary N) is 1. The summed E-state index contributed by atoms with van der Waals surface area (Å²) in [6, 6.07) is 0. The van der Waals surface area contributed by atoms with Gasteiger partial charge in [0.15, 0.2) is 0 Å². The third kappa shape index (κ3) is 5.92. The van der Waals surface area contributed by atoms with E-state index in [9.17, 15) is 4.79 Å². The zero-order chi connectivity index (χ0) is 10.1. The lowest BCUT2D eigenvalue weighted by atomic mass is 9.95. The van der Waals surface area contributed by atoms with Crippen LogP contribution in [0, 0.1) is 5.92 Å². The van der Waals surface area contributed by atoms with Crippen LogP contribution in [0.1, 0.15) is 52.4 Å². The monoisotopic (exact) mass is 205 g/mol. The van der Waals surface area contributed by atoms with Crippen molar-refractivity contribution in [2.24, 2.45) is 5.92 Å². The Morgan fingerprint density at radius 2 is 1.69 bits per heavy atom. The van der Waals surface area contributed by atoms with Crippen molar-refractivity contribution in [3.05, 3.63) is 0 Å². The van der Waals surface area contributed by atoms with E-state index in [1.54, 1.807) is 0 Å². The Labute approximate surface area is 86.2 Å². The van der Waals surface area contributed by atoms with Crippen LogP contribution in [0.15, 0.2) is 0 Å². The summed E-state index contributed by atoms with van der Waals surface area (Å²) in [6.45, 7) is 4.27. The maximum Gasteiger partial charge on any atom is 0.237 e. The van der Waals surface area contributed by atoms with Crippen LogP contribution in [0.4, 0.5) is 0 Å². The molecule has 1 N–H and O–H groups in total. The lowest BCUT2D eigenvalue weighted by Gasteiger charge is -2.13. The number of amides is 1. The van der Waals surface area contributed by atoms with Gasteiger partial charge in [0.25, 0.3) is 0 Å². The summed E-state index contributed by atoms with van der Waals surface area (Å²) in [5, 5.41) is 0. The van der Waals surface area contributed by atoms with E-state index in [1.165, 1.54) is 0 Å². The van der Waals surface area contributed by atoms with Gasteiger partial charge in [0, 0.05) is 17.7 Å². The van der Waals surface area contributed by atoms with Crippen molar-refractivity contribution >= 4 is 17.7 Å². The van der Waals surface area contributed by atoms with Crippen molar-refractivity contribution in [1.82, 2.24) is 4.84 Å². The molecule has 0 aromatic carbocycles. The number of halogens is 1. The molecule has 0 aromatic rings. The smallest absolute Gasteiger partial charge is 0.237 e. The molecule has 13 heavy (non-hydrogen) atoms. The third-order valence-electron chi connectivity index (χ3n) is 2.28. The highest BCUT2D eigenvalue weighted by Crippen LogP contribution is 2.16. The molecule has 0 unspecified atom stereocenters. The molecule has 0 atom stereocenters. The van der Waals surface area contributed by atoms with Gasteiger partial charge in [-0.3, -0.25) is 9.63 Å². The average Bonchev–Trinajstić information content (AvgIpc) is 2.17. The van der Waals surface area contributed by atoms with Gasteiger partial charge in [-0.05, 0) is 12.8 Å². The zero-order valence-electron chi connectivity index (χ0n) is 8.61. The minimum atomic E-state index is -0.0106. The molecule has 0 bridgehead atoms. The average molecular weight is 206 g/mol. The first-order valence-corrected chi connectivity index (χ1v) is 5.54. The van der Waals surface area contributed by atoms with Gasteiger partial charge in [0.1, 0.15) is 0 Å². The largest absolute Gasteiger partial charge is 0.273 e. The Morgan fingerprint density at radius 1 is 1.23 bits per heavy atom.